The first kappa shape index (κ1) is 23.0. The van der Waals surface area contributed by atoms with E-state index in [1.807, 2.05) is 0 Å². The van der Waals surface area contributed by atoms with Crippen molar-refractivity contribution < 1.29 is 48.1 Å². The van der Waals surface area contributed by atoms with Crippen LogP contribution in [0.5, 0.6) is 5.75 Å². The zero-order valence-corrected chi connectivity index (χ0v) is 16.4. The molecule has 0 aliphatic carbocycles. The van der Waals surface area contributed by atoms with Crippen LogP contribution >= 0.6 is 0 Å². The van der Waals surface area contributed by atoms with E-state index in [1.165, 1.54) is 24.3 Å². The molecule has 1 saturated heterocycles. The highest BCUT2D eigenvalue weighted by Crippen LogP contribution is 2.32. The smallest absolute Gasteiger partial charge is 0.311 e. The number of aliphatic hydroxyl groups excluding tert-OH is 1. The van der Waals surface area contributed by atoms with Crippen molar-refractivity contribution in [3.63, 3.8) is 0 Å². The molecule has 0 saturated carbocycles. The molecule has 164 valence electrons. The number of benzene rings is 1. The molecule has 0 aromatic heterocycles. The van der Waals surface area contributed by atoms with Gasteiger partial charge in [0.15, 0.2) is 11.9 Å². The Labute approximate surface area is 170 Å². The van der Waals surface area contributed by atoms with Gasteiger partial charge in [0.2, 0.25) is 12.4 Å². The predicted molar refractivity (Wildman–Crippen MR) is 96.1 cm³/mol. The van der Waals surface area contributed by atoms with Crippen LogP contribution in [-0.2, 0) is 33.3 Å². The van der Waals surface area contributed by atoms with E-state index >= 15 is 0 Å². The molecule has 2 rings (SSSR count). The van der Waals surface area contributed by atoms with Gasteiger partial charge in [-0.2, -0.15) is 0 Å². The Morgan fingerprint density at radius 1 is 1.07 bits per heavy atom. The topological polar surface area (TPSA) is 161 Å². The highest BCUT2D eigenvalue weighted by molar-refractivity contribution is 5.67. The lowest BCUT2D eigenvalue weighted by atomic mass is 9.98. The second-order valence-electron chi connectivity index (χ2n) is 6.33. The molecule has 30 heavy (non-hydrogen) atoms. The zero-order chi connectivity index (χ0) is 22.4. The second-order valence-corrected chi connectivity index (χ2v) is 6.33. The Morgan fingerprint density at radius 3 is 2.23 bits per heavy atom. The normalized spacial score (nSPS) is 25.7. The Kier molecular flexibility index (Phi) is 7.66. The summed E-state index contributed by atoms with van der Waals surface area (Å²) in [6.45, 7) is 2.86. The van der Waals surface area contributed by atoms with Crippen LogP contribution in [0.1, 0.15) is 20.8 Å². The summed E-state index contributed by atoms with van der Waals surface area (Å²) >= 11 is 0. The number of nitro benzene ring substituents is 1. The standard InChI is InChI=1S/C18H21NO11/c1-9(20)26-8-14-15(23)16(27-10(2)21)17(28-11(3)22)18(30-14)29-13-7-5-4-6-12(13)19(24)25/h4-7,14-18,23H,8H2,1-3H3/t14-,15+,16+,17-,18-/m1/s1. The maximum atomic E-state index is 11.6. The van der Waals surface area contributed by atoms with Crippen LogP contribution in [0.15, 0.2) is 24.3 Å². The number of rotatable bonds is 7. The number of aliphatic hydroxyl groups is 1. The molecular formula is C18H21NO11. The molecule has 0 amide bonds. The molecule has 1 aromatic rings. The fourth-order valence-corrected chi connectivity index (χ4v) is 2.80. The van der Waals surface area contributed by atoms with Crippen molar-refractivity contribution in [3.05, 3.63) is 34.4 Å². The van der Waals surface area contributed by atoms with Crippen LogP contribution in [0.4, 0.5) is 5.69 Å². The molecule has 0 spiro atoms. The maximum Gasteiger partial charge on any atom is 0.311 e. The van der Waals surface area contributed by atoms with Crippen LogP contribution in [0.25, 0.3) is 0 Å². The van der Waals surface area contributed by atoms with Gasteiger partial charge in [-0.25, -0.2) is 0 Å². The fraction of sp³-hybridized carbons (Fsp3) is 0.500. The van der Waals surface area contributed by atoms with Crippen LogP contribution in [-0.4, -0.2) is 65.3 Å². The molecule has 1 aromatic carbocycles. The third kappa shape index (κ3) is 5.87. The van der Waals surface area contributed by atoms with Gasteiger partial charge < -0.3 is 28.8 Å². The molecule has 1 heterocycles. The third-order valence-electron chi connectivity index (χ3n) is 3.98. The lowest BCUT2D eigenvalue weighted by Gasteiger charge is -2.42. The quantitative estimate of drug-likeness (QED) is 0.279. The van der Waals surface area contributed by atoms with E-state index < -0.39 is 65.8 Å². The van der Waals surface area contributed by atoms with E-state index in [0.29, 0.717) is 0 Å². The fourth-order valence-electron chi connectivity index (χ4n) is 2.80. The van der Waals surface area contributed by atoms with E-state index in [1.54, 1.807) is 0 Å². The van der Waals surface area contributed by atoms with Gasteiger partial charge in [-0.3, -0.25) is 24.5 Å². The molecule has 1 aliphatic rings. The van der Waals surface area contributed by atoms with Crippen molar-refractivity contribution in [2.24, 2.45) is 0 Å². The Morgan fingerprint density at radius 2 is 1.67 bits per heavy atom. The molecule has 5 atom stereocenters. The highest BCUT2D eigenvalue weighted by Gasteiger charge is 2.51. The van der Waals surface area contributed by atoms with Gasteiger partial charge in [0.25, 0.3) is 0 Å². The molecular weight excluding hydrogens is 406 g/mol. The number of hydrogen-bond donors (Lipinski definition) is 1. The minimum atomic E-state index is -1.55. The van der Waals surface area contributed by atoms with Crippen LogP contribution in [0, 0.1) is 10.1 Å². The molecule has 0 unspecified atom stereocenters. The largest absolute Gasteiger partial charge is 0.463 e. The van der Waals surface area contributed by atoms with Crippen LogP contribution in [0.2, 0.25) is 0 Å². The summed E-state index contributed by atoms with van der Waals surface area (Å²) in [6, 6.07) is 5.37. The summed E-state index contributed by atoms with van der Waals surface area (Å²) in [7, 11) is 0. The number of esters is 3. The van der Waals surface area contributed by atoms with Crippen molar-refractivity contribution >= 4 is 23.6 Å². The lowest BCUT2D eigenvalue weighted by Crippen LogP contribution is -2.62. The minimum absolute atomic E-state index is 0.214. The summed E-state index contributed by atoms with van der Waals surface area (Å²) < 4.78 is 26.2. The van der Waals surface area contributed by atoms with Gasteiger partial charge >= 0.3 is 23.6 Å². The van der Waals surface area contributed by atoms with Crippen molar-refractivity contribution in [3.8, 4) is 5.75 Å². The predicted octanol–water partition coefficient (Wildman–Crippen LogP) is 0.486. The molecule has 1 aliphatic heterocycles. The molecule has 12 nitrogen and oxygen atoms in total. The Bertz CT molecular complexity index is 811. The summed E-state index contributed by atoms with van der Waals surface area (Å²) in [5.74, 6) is -2.47. The molecule has 0 bridgehead atoms. The first-order valence-electron chi connectivity index (χ1n) is 8.81. The van der Waals surface area contributed by atoms with E-state index in [-0.39, 0.29) is 5.75 Å². The minimum Gasteiger partial charge on any atom is -0.463 e. The average molecular weight is 427 g/mol. The van der Waals surface area contributed by atoms with Gasteiger partial charge in [-0.15, -0.1) is 0 Å². The first-order chi connectivity index (χ1) is 14.1. The van der Waals surface area contributed by atoms with Gasteiger partial charge in [-0.1, -0.05) is 12.1 Å². The Hall–Kier alpha value is -3.25. The number of para-hydroxylation sites is 2. The molecule has 1 fully saturated rings. The highest BCUT2D eigenvalue weighted by atomic mass is 16.7. The Balaban J connectivity index is 2.40. The number of carbonyl (C=O) groups is 3. The van der Waals surface area contributed by atoms with E-state index in [0.717, 1.165) is 20.8 Å². The molecule has 0 radical (unpaired) electrons. The van der Waals surface area contributed by atoms with Crippen LogP contribution in [0.3, 0.4) is 0 Å². The summed E-state index contributed by atoms with van der Waals surface area (Å²) in [6.07, 6.45) is -7.23. The number of nitro groups is 1. The maximum absolute atomic E-state index is 11.6. The number of hydrogen-bond acceptors (Lipinski definition) is 11. The number of nitrogens with zero attached hydrogens (tertiary/aromatic N) is 1. The first-order valence-corrected chi connectivity index (χ1v) is 8.81. The van der Waals surface area contributed by atoms with Gasteiger partial charge in [-0.05, 0) is 6.07 Å². The van der Waals surface area contributed by atoms with Crippen molar-refractivity contribution in [2.75, 3.05) is 6.61 Å². The van der Waals surface area contributed by atoms with E-state index in [9.17, 15) is 29.6 Å². The van der Waals surface area contributed by atoms with Crippen molar-refractivity contribution in [2.45, 2.75) is 51.5 Å². The molecule has 12 heteroatoms. The summed E-state index contributed by atoms with van der Waals surface area (Å²) in [5.41, 5.74) is -0.394. The SMILES string of the molecule is CC(=O)OC[C@H]1O[C@@H](Oc2ccccc2[N+](=O)[O-])[C@H](OC(C)=O)[C@@H](OC(C)=O)[C@H]1O. The number of ether oxygens (including phenoxy) is 5. The van der Waals surface area contributed by atoms with E-state index in [2.05, 4.69) is 0 Å². The van der Waals surface area contributed by atoms with Crippen molar-refractivity contribution in [1.29, 1.82) is 0 Å². The van der Waals surface area contributed by atoms with E-state index in [4.69, 9.17) is 23.7 Å². The van der Waals surface area contributed by atoms with Gasteiger partial charge in [0.05, 0.1) is 4.92 Å². The third-order valence-corrected chi connectivity index (χ3v) is 3.98. The zero-order valence-electron chi connectivity index (χ0n) is 16.4. The number of carbonyl (C=O) groups excluding carboxylic acids is 3. The summed E-state index contributed by atoms with van der Waals surface area (Å²) in [4.78, 5) is 44.8. The van der Waals surface area contributed by atoms with Crippen molar-refractivity contribution in [1.82, 2.24) is 0 Å². The van der Waals surface area contributed by atoms with Crippen LogP contribution < -0.4 is 4.74 Å². The van der Waals surface area contributed by atoms with Gasteiger partial charge in [0, 0.05) is 26.8 Å². The monoisotopic (exact) mass is 427 g/mol. The second kappa shape index (κ2) is 9.98. The summed E-state index contributed by atoms with van der Waals surface area (Å²) in [5, 5.41) is 21.8. The molecule has 1 N–H and O–H groups in total. The average Bonchev–Trinajstić information content (AvgIpc) is 2.65. The lowest BCUT2D eigenvalue weighted by molar-refractivity contribution is -0.387. The van der Waals surface area contributed by atoms with Gasteiger partial charge in [0.1, 0.15) is 18.8 Å².